The molecule has 1 saturated carbocycles. The van der Waals surface area contributed by atoms with Gasteiger partial charge in [0, 0.05) is 13.0 Å². The summed E-state index contributed by atoms with van der Waals surface area (Å²) in [6, 6.07) is 0. The topological polar surface area (TPSA) is 40.7 Å². The van der Waals surface area contributed by atoms with Gasteiger partial charge in [-0.2, -0.15) is 0 Å². The van der Waals surface area contributed by atoms with E-state index in [0.717, 1.165) is 36.9 Å². The van der Waals surface area contributed by atoms with Crippen LogP contribution in [-0.2, 0) is 13.0 Å². The van der Waals surface area contributed by atoms with E-state index in [1.165, 1.54) is 38.5 Å². The lowest BCUT2D eigenvalue weighted by Crippen LogP contribution is -2.21. The summed E-state index contributed by atoms with van der Waals surface area (Å²) in [6.07, 6.45) is 8.93. The average molecular weight is 270 g/mol. The van der Waals surface area contributed by atoms with Gasteiger partial charge < -0.3 is 10.3 Å². The van der Waals surface area contributed by atoms with Gasteiger partial charge in [-0.05, 0) is 25.3 Å². The van der Waals surface area contributed by atoms with E-state index in [0.29, 0.717) is 5.15 Å². The fourth-order valence-electron chi connectivity index (χ4n) is 2.32. The molecule has 0 spiro atoms. The van der Waals surface area contributed by atoms with Gasteiger partial charge in [-0.1, -0.05) is 44.2 Å². The number of imidazole rings is 1. The highest BCUT2D eigenvalue weighted by molar-refractivity contribution is 6.30. The maximum Gasteiger partial charge on any atom is 0.151 e. The minimum Gasteiger partial charge on any atom is -0.344 e. The molecule has 0 bridgehead atoms. The van der Waals surface area contributed by atoms with Crippen LogP contribution in [0.15, 0.2) is 0 Å². The quantitative estimate of drug-likeness (QED) is 0.707. The first kappa shape index (κ1) is 13.9. The van der Waals surface area contributed by atoms with Crippen molar-refractivity contribution in [3.63, 3.8) is 0 Å². The third-order valence-corrected chi connectivity index (χ3v) is 4.11. The molecule has 4 heteroatoms. The highest BCUT2D eigenvalue weighted by atomic mass is 35.5. The Morgan fingerprint density at radius 2 is 2.28 bits per heavy atom. The van der Waals surface area contributed by atoms with Crippen molar-refractivity contribution in [3.05, 3.63) is 16.7 Å². The number of hydrogen-bond donors (Lipinski definition) is 2. The van der Waals surface area contributed by atoms with Gasteiger partial charge in [-0.3, -0.25) is 0 Å². The van der Waals surface area contributed by atoms with Crippen LogP contribution in [0.5, 0.6) is 0 Å². The zero-order chi connectivity index (χ0) is 12.8. The molecular formula is C14H24ClN3. The number of aromatic nitrogens is 2. The van der Waals surface area contributed by atoms with E-state index in [1.807, 2.05) is 0 Å². The summed E-state index contributed by atoms with van der Waals surface area (Å²) in [4.78, 5) is 7.69. The number of hydrogen-bond acceptors (Lipinski definition) is 2. The molecular weight excluding hydrogens is 246 g/mol. The normalized spacial score (nSPS) is 15.9. The Morgan fingerprint density at radius 3 is 2.94 bits per heavy atom. The summed E-state index contributed by atoms with van der Waals surface area (Å²) in [5.41, 5.74) is 1.04. The molecule has 1 aromatic heterocycles. The van der Waals surface area contributed by atoms with Crippen LogP contribution in [0.1, 0.15) is 57.0 Å². The SMILES string of the molecule is CCCCc1nc(Cl)c(CNCCC2CCC2)[nH]1. The predicted octanol–water partition coefficient (Wildman–Crippen LogP) is 3.69. The molecule has 0 saturated heterocycles. The molecule has 0 amide bonds. The fourth-order valence-corrected chi connectivity index (χ4v) is 2.54. The lowest BCUT2D eigenvalue weighted by molar-refractivity contribution is 0.292. The largest absolute Gasteiger partial charge is 0.344 e. The highest BCUT2D eigenvalue weighted by Crippen LogP contribution is 2.28. The second-order valence-corrected chi connectivity index (χ2v) is 5.68. The van der Waals surface area contributed by atoms with E-state index >= 15 is 0 Å². The van der Waals surface area contributed by atoms with Gasteiger partial charge in [0.15, 0.2) is 5.15 Å². The fraction of sp³-hybridized carbons (Fsp3) is 0.786. The summed E-state index contributed by atoms with van der Waals surface area (Å²) < 4.78 is 0. The maximum absolute atomic E-state index is 6.12. The maximum atomic E-state index is 6.12. The number of H-pyrrole nitrogens is 1. The molecule has 0 atom stereocenters. The van der Waals surface area contributed by atoms with Crippen molar-refractivity contribution in [3.8, 4) is 0 Å². The average Bonchev–Trinajstić information content (AvgIpc) is 2.65. The number of nitrogens with one attached hydrogen (secondary N) is 2. The van der Waals surface area contributed by atoms with E-state index in [9.17, 15) is 0 Å². The minimum atomic E-state index is 0.636. The molecule has 102 valence electrons. The van der Waals surface area contributed by atoms with E-state index in [-0.39, 0.29) is 0 Å². The molecule has 1 aromatic rings. The van der Waals surface area contributed by atoms with Gasteiger partial charge >= 0.3 is 0 Å². The highest BCUT2D eigenvalue weighted by Gasteiger charge is 2.16. The van der Waals surface area contributed by atoms with Gasteiger partial charge in [-0.15, -0.1) is 0 Å². The van der Waals surface area contributed by atoms with Crippen LogP contribution in [0, 0.1) is 5.92 Å². The van der Waals surface area contributed by atoms with Crippen LogP contribution in [0.3, 0.4) is 0 Å². The number of halogens is 1. The standard InChI is InChI=1S/C14H24ClN3/c1-2-3-7-13-17-12(14(15)18-13)10-16-9-8-11-5-4-6-11/h11,16H,2-10H2,1H3,(H,17,18). The zero-order valence-electron chi connectivity index (χ0n) is 11.3. The van der Waals surface area contributed by atoms with Crippen LogP contribution in [0.2, 0.25) is 5.15 Å². The summed E-state index contributed by atoms with van der Waals surface area (Å²) in [6.45, 7) is 4.09. The third kappa shape index (κ3) is 3.99. The van der Waals surface area contributed by atoms with Gasteiger partial charge in [0.1, 0.15) is 5.82 Å². The Bertz CT molecular complexity index is 358. The molecule has 0 radical (unpaired) electrons. The lowest BCUT2D eigenvalue weighted by Gasteiger charge is -2.25. The Labute approximate surface area is 115 Å². The summed E-state index contributed by atoms with van der Waals surface area (Å²) >= 11 is 6.12. The molecule has 0 aromatic carbocycles. The van der Waals surface area contributed by atoms with Crippen molar-refractivity contribution in [1.82, 2.24) is 15.3 Å². The molecule has 1 aliphatic carbocycles. The number of rotatable bonds is 8. The molecule has 1 aliphatic rings. The summed E-state index contributed by atoms with van der Waals surface area (Å²) in [5.74, 6) is 1.99. The Hall–Kier alpha value is -0.540. The monoisotopic (exact) mass is 269 g/mol. The van der Waals surface area contributed by atoms with E-state index in [2.05, 4.69) is 22.2 Å². The summed E-state index contributed by atoms with van der Waals surface area (Å²) in [5, 5.41) is 4.09. The number of aryl methyl sites for hydroxylation is 1. The second kappa shape index (κ2) is 7.15. The molecule has 0 aliphatic heterocycles. The van der Waals surface area contributed by atoms with Gasteiger partial charge in [0.05, 0.1) is 5.69 Å². The molecule has 2 N–H and O–H groups in total. The molecule has 3 nitrogen and oxygen atoms in total. The van der Waals surface area contributed by atoms with Crippen molar-refractivity contribution < 1.29 is 0 Å². The van der Waals surface area contributed by atoms with Crippen molar-refractivity contribution >= 4 is 11.6 Å². The number of unbranched alkanes of at least 4 members (excludes halogenated alkanes) is 1. The van der Waals surface area contributed by atoms with Crippen LogP contribution in [0.4, 0.5) is 0 Å². The minimum absolute atomic E-state index is 0.636. The molecule has 18 heavy (non-hydrogen) atoms. The van der Waals surface area contributed by atoms with Gasteiger partial charge in [0.25, 0.3) is 0 Å². The van der Waals surface area contributed by atoms with E-state index < -0.39 is 0 Å². The van der Waals surface area contributed by atoms with Crippen molar-refractivity contribution in [1.29, 1.82) is 0 Å². The molecule has 1 fully saturated rings. The van der Waals surface area contributed by atoms with Crippen molar-refractivity contribution in [2.24, 2.45) is 5.92 Å². The zero-order valence-corrected chi connectivity index (χ0v) is 12.0. The number of aromatic amines is 1. The Balaban J connectivity index is 1.68. The van der Waals surface area contributed by atoms with Crippen LogP contribution in [0.25, 0.3) is 0 Å². The van der Waals surface area contributed by atoms with Crippen molar-refractivity contribution in [2.75, 3.05) is 6.54 Å². The Kier molecular flexibility index (Phi) is 5.51. The molecule has 2 rings (SSSR count). The molecule has 0 unspecified atom stereocenters. The second-order valence-electron chi connectivity index (χ2n) is 5.32. The van der Waals surface area contributed by atoms with E-state index in [1.54, 1.807) is 0 Å². The number of nitrogens with zero attached hydrogens (tertiary/aromatic N) is 1. The van der Waals surface area contributed by atoms with Gasteiger partial charge in [-0.25, -0.2) is 4.98 Å². The van der Waals surface area contributed by atoms with Gasteiger partial charge in [0.2, 0.25) is 0 Å². The first-order valence-electron chi connectivity index (χ1n) is 7.23. The lowest BCUT2D eigenvalue weighted by atomic mass is 9.83. The van der Waals surface area contributed by atoms with E-state index in [4.69, 9.17) is 11.6 Å². The first-order chi connectivity index (χ1) is 8.79. The van der Waals surface area contributed by atoms with Crippen LogP contribution >= 0.6 is 11.6 Å². The summed E-state index contributed by atoms with van der Waals surface area (Å²) in [7, 11) is 0. The smallest absolute Gasteiger partial charge is 0.151 e. The van der Waals surface area contributed by atoms with Crippen molar-refractivity contribution in [2.45, 2.75) is 58.4 Å². The van der Waals surface area contributed by atoms with Crippen LogP contribution < -0.4 is 5.32 Å². The molecule has 1 heterocycles. The van der Waals surface area contributed by atoms with Crippen LogP contribution in [-0.4, -0.2) is 16.5 Å². The predicted molar refractivity (Wildman–Crippen MR) is 75.9 cm³/mol. The first-order valence-corrected chi connectivity index (χ1v) is 7.61. The Morgan fingerprint density at radius 1 is 1.44 bits per heavy atom. The third-order valence-electron chi connectivity index (χ3n) is 3.80.